The van der Waals surface area contributed by atoms with Crippen molar-refractivity contribution in [2.75, 3.05) is 37.7 Å². The van der Waals surface area contributed by atoms with E-state index in [9.17, 15) is 9.90 Å². The number of amides is 1. The summed E-state index contributed by atoms with van der Waals surface area (Å²) in [5.41, 5.74) is 1.10. The SMILES string of the molecule is CC(C)(C)OC(=O)NCCc1cc2nc(-c3cccc(O)c3)nc(N3CCOCC3)c2s1. The van der Waals surface area contributed by atoms with Gasteiger partial charge >= 0.3 is 6.09 Å². The van der Waals surface area contributed by atoms with Gasteiger partial charge in [-0.1, -0.05) is 12.1 Å². The Kier molecular flexibility index (Phi) is 6.48. The van der Waals surface area contributed by atoms with Gasteiger partial charge in [-0.3, -0.25) is 0 Å². The maximum absolute atomic E-state index is 11.9. The smallest absolute Gasteiger partial charge is 0.407 e. The highest BCUT2D eigenvalue weighted by atomic mass is 32.1. The summed E-state index contributed by atoms with van der Waals surface area (Å²) in [6.45, 7) is 8.84. The van der Waals surface area contributed by atoms with Crippen LogP contribution in [0.1, 0.15) is 25.6 Å². The summed E-state index contributed by atoms with van der Waals surface area (Å²) >= 11 is 1.64. The number of rotatable bonds is 5. The third-order valence-electron chi connectivity index (χ3n) is 4.86. The van der Waals surface area contributed by atoms with E-state index in [4.69, 9.17) is 19.4 Å². The predicted molar refractivity (Wildman–Crippen MR) is 125 cm³/mol. The number of hydrogen-bond donors (Lipinski definition) is 2. The molecule has 3 aromatic rings. The Morgan fingerprint density at radius 1 is 1.25 bits per heavy atom. The standard InChI is InChI=1S/C23H28N4O4S/c1-23(2,3)31-22(29)24-8-7-17-14-18-19(32-17)21(27-9-11-30-12-10-27)26-20(25-18)15-5-4-6-16(28)13-15/h4-6,13-14,28H,7-12H2,1-3H3,(H,24,29). The number of thiophene rings is 1. The van der Waals surface area contributed by atoms with E-state index < -0.39 is 11.7 Å². The lowest BCUT2D eigenvalue weighted by Crippen LogP contribution is -2.36. The molecule has 0 atom stereocenters. The highest BCUT2D eigenvalue weighted by Crippen LogP contribution is 2.35. The molecule has 4 rings (SSSR count). The zero-order chi connectivity index (χ0) is 22.7. The normalized spacial score (nSPS) is 14.5. The number of carbonyl (C=O) groups is 1. The minimum absolute atomic E-state index is 0.179. The summed E-state index contributed by atoms with van der Waals surface area (Å²) in [5.74, 6) is 1.64. The molecule has 1 aliphatic heterocycles. The second-order valence-electron chi connectivity index (χ2n) is 8.63. The molecule has 1 saturated heterocycles. The van der Waals surface area contributed by atoms with Crippen molar-refractivity contribution < 1.29 is 19.4 Å². The van der Waals surface area contributed by atoms with Crippen LogP contribution in [0.4, 0.5) is 10.6 Å². The Morgan fingerprint density at radius 3 is 2.75 bits per heavy atom. The molecule has 3 heterocycles. The Bertz CT molecular complexity index is 1100. The fourth-order valence-electron chi connectivity index (χ4n) is 3.45. The van der Waals surface area contributed by atoms with Gasteiger partial charge in [0.05, 0.1) is 23.4 Å². The number of anilines is 1. The predicted octanol–water partition coefficient (Wildman–Crippen LogP) is 3.97. The number of phenolic OH excluding ortho intramolecular Hbond substituents is 1. The van der Waals surface area contributed by atoms with Crippen molar-refractivity contribution in [3.05, 3.63) is 35.2 Å². The van der Waals surface area contributed by atoms with Crippen LogP contribution in [-0.2, 0) is 15.9 Å². The lowest BCUT2D eigenvalue weighted by atomic mass is 10.2. The molecule has 9 heteroatoms. The molecule has 0 unspecified atom stereocenters. The number of benzene rings is 1. The molecule has 0 radical (unpaired) electrons. The van der Waals surface area contributed by atoms with Gasteiger partial charge in [0, 0.05) is 30.1 Å². The van der Waals surface area contributed by atoms with Crippen molar-refractivity contribution in [3.8, 4) is 17.1 Å². The largest absolute Gasteiger partial charge is 0.508 e. The van der Waals surface area contributed by atoms with E-state index >= 15 is 0 Å². The van der Waals surface area contributed by atoms with E-state index in [1.165, 1.54) is 0 Å². The van der Waals surface area contributed by atoms with E-state index in [1.807, 2.05) is 26.8 Å². The molecular weight excluding hydrogens is 428 g/mol. The van der Waals surface area contributed by atoms with Crippen molar-refractivity contribution in [2.24, 2.45) is 0 Å². The van der Waals surface area contributed by atoms with Gasteiger partial charge in [-0.25, -0.2) is 14.8 Å². The Hall–Kier alpha value is -2.91. The third-order valence-corrected chi connectivity index (χ3v) is 6.04. The van der Waals surface area contributed by atoms with Crippen molar-refractivity contribution in [1.82, 2.24) is 15.3 Å². The van der Waals surface area contributed by atoms with Gasteiger partial charge in [0.2, 0.25) is 0 Å². The van der Waals surface area contributed by atoms with Gasteiger partial charge in [-0.15, -0.1) is 11.3 Å². The number of hydrogen-bond acceptors (Lipinski definition) is 8. The summed E-state index contributed by atoms with van der Waals surface area (Å²) in [4.78, 5) is 24.9. The van der Waals surface area contributed by atoms with E-state index in [0.717, 1.165) is 39.6 Å². The van der Waals surface area contributed by atoms with E-state index in [0.29, 0.717) is 32.0 Å². The maximum Gasteiger partial charge on any atom is 0.407 e. The van der Waals surface area contributed by atoms with Crippen molar-refractivity contribution in [3.63, 3.8) is 0 Å². The van der Waals surface area contributed by atoms with Crippen LogP contribution >= 0.6 is 11.3 Å². The summed E-state index contributed by atoms with van der Waals surface area (Å²) in [5, 5.41) is 12.7. The second kappa shape index (κ2) is 9.30. The molecular formula is C23H28N4O4S. The van der Waals surface area contributed by atoms with Crippen LogP contribution in [0.15, 0.2) is 30.3 Å². The van der Waals surface area contributed by atoms with Gasteiger partial charge in [0.15, 0.2) is 11.6 Å². The Morgan fingerprint density at radius 2 is 2.03 bits per heavy atom. The van der Waals surface area contributed by atoms with Crippen LogP contribution in [0.25, 0.3) is 21.6 Å². The highest BCUT2D eigenvalue weighted by Gasteiger charge is 2.21. The summed E-state index contributed by atoms with van der Waals surface area (Å²) in [6.07, 6.45) is 0.253. The van der Waals surface area contributed by atoms with Gasteiger partial charge in [0.1, 0.15) is 11.4 Å². The van der Waals surface area contributed by atoms with Crippen LogP contribution in [0.3, 0.4) is 0 Å². The van der Waals surface area contributed by atoms with Crippen LogP contribution in [0, 0.1) is 0 Å². The molecule has 1 amide bonds. The van der Waals surface area contributed by atoms with Crippen molar-refractivity contribution in [2.45, 2.75) is 32.8 Å². The number of ether oxygens (including phenoxy) is 2. The van der Waals surface area contributed by atoms with E-state index in [-0.39, 0.29) is 5.75 Å². The molecule has 1 fully saturated rings. The number of aromatic nitrogens is 2. The second-order valence-corrected chi connectivity index (χ2v) is 9.76. The molecule has 0 spiro atoms. The van der Waals surface area contributed by atoms with Crippen LogP contribution in [0.2, 0.25) is 0 Å². The molecule has 0 aliphatic carbocycles. The minimum Gasteiger partial charge on any atom is -0.508 e. The number of aromatic hydroxyl groups is 1. The zero-order valence-electron chi connectivity index (χ0n) is 18.6. The maximum atomic E-state index is 11.9. The number of alkyl carbamates (subject to hydrolysis) is 1. The quantitative estimate of drug-likeness (QED) is 0.600. The van der Waals surface area contributed by atoms with E-state index in [2.05, 4.69) is 16.3 Å². The van der Waals surface area contributed by atoms with Gasteiger partial charge in [-0.05, 0) is 45.4 Å². The minimum atomic E-state index is -0.521. The molecule has 2 aromatic heterocycles. The van der Waals surface area contributed by atoms with Crippen molar-refractivity contribution >= 4 is 33.5 Å². The highest BCUT2D eigenvalue weighted by molar-refractivity contribution is 7.19. The lowest BCUT2D eigenvalue weighted by molar-refractivity contribution is 0.0528. The monoisotopic (exact) mass is 456 g/mol. The fourth-order valence-corrected chi connectivity index (χ4v) is 4.57. The molecule has 1 aromatic carbocycles. The molecule has 0 bridgehead atoms. The van der Waals surface area contributed by atoms with Crippen LogP contribution < -0.4 is 10.2 Å². The topological polar surface area (TPSA) is 96.8 Å². The molecule has 170 valence electrons. The number of fused-ring (bicyclic) bond motifs is 1. The molecule has 2 N–H and O–H groups in total. The summed E-state index contributed by atoms with van der Waals surface area (Å²) < 4.78 is 11.8. The molecule has 8 nitrogen and oxygen atoms in total. The fraction of sp³-hybridized carbons (Fsp3) is 0.435. The van der Waals surface area contributed by atoms with Gasteiger partial charge < -0.3 is 24.8 Å². The molecule has 0 saturated carbocycles. The number of nitrogens with one attached hydrogen (secondary N) is 1. The van der Waals surface area contributed by atoms with Gasteiger partial charge in [0.25, 0.3) is 0 Å². The van der Waals surface area contributed by atoms with Crippen LogP contribution in [0.5, 0.6) is 5.75 Å². The number of phenols is 1. The van der Waals surface area contributed by atoms with E-state index in [1.54, 1.807) is 29.5 Å². The average Bonchev–Trinajstić information content (AvgIpc) is 3.15. The Labute approximate surface area is 191 Å². The first kappa shape index (κ1) is 22.3. The number of carbonyl (C=O) groups excluding carboxylic acids is 1. The zero-order valence-corrected chi connectivity index (χ0v) is 19.4. The number of morpholine rings is 1. The van der Waals surface area contributed by atoms with Crippen LogP contribution in [-0.4, -0.2) is 59.6 Å². The molecule has 32 heavy (non-hydrogen) atoms. The third kappa shape index (κ3) is 5.46. The van der Waals surface area contributed by atoms with Crippen molar-refractivity contribution in [1.29, 1.82) is 0 Å². The first-order chi connectivity index (χ1) is 15.3. The lowest BCUT2D eigenvalue weighted by Gasteiger charge is -2.28. The Balaban J connectivity index is 1.60. The summed E-state index contributed by atoms with van der Waals surface area (Å²) in [6, 6.07) is 9.03. The molecule has 1 aliphatic rings. The van der Waals surface area contributed by atoms with Gasteiger partial charge in [-0.2, -0.15) is 0 Å². The average molecular weight is 457 g/mol. The summed E-state index contributed by atoms with van der Waals surface area (Å²) in [7, 11) is 0. The number of nitrogens with zero attached hydrogens (tertiary/aromatic N) is 3. The first-order valence-electron chi connectivity index (χ1n) is 10.7. The first-order valence-corrected chi connectivity index (χ1v) is 11.5.